The van der Waals surface area contributed by atoms with E-state index in [-0.39, 0.29) is 23.7 Å². The first-order valence-electron chi connectivity index (χ1n) is 8.81. The minimum atomic E-state index is -4.57. The molecule has 2 aliphatic heterocycles. The van der Waals surface area contributed by atoms with Crippen LogP contribution in [-0.4, -0.2) is 54.2 Å². The Kier molecular flexibility index (Phi) is 4.69. The number of carbonyl (C=O) groups is 1. The van der Waals surface area contributed by atoms with Crippen LogP contribution in [0.3, 0.4) is 0 Å². The average molecular weight is 409 g/mol. The first-order chi connectivity index (χ1) is 13.8. The van der Waals surface area contributed by atoms with Gasteiger partial charge in [-0.3, -0.25) is 4.79 Å². The third-order valence-electron chi connectivity index (χ3n) is 4.92. The smallest absolute Gasteiger partial charge is 0.421 e. The molecular formula is C18H18F3N5O3. The Bertz CT molecular complexity index is 962. The molecule has 0 spiro atoms. The maximum Gasteiger partial charge on any atom is 0.421 e. The maximum absolute atomic E-state index is 13.0. The van der Waals surface area contributed by atoms with Crippen molar-refractivity contribution >= 4 is 23.4 Å². The summed E-state index contributed by atoms with van der Waals surface area (Å²) in [7, 11) is 2.81. The van der Waals surface area contributed by atoms with Crippen LogP contribution in [0, 0.1) is 0 Å². The quantitative estimate of drug-likeness (QED) is 0.785. The van der Waals surface area contributed by atoms with E-state index < -0.39 is 11.7 Å². The van der Waals surface area contributed by atoms with Crippen LogP contribution < -0.4 is 15.4 Å². The number of anilines is 3. The fourth-order valence-electron chi connectivity index (χ4n) is 3.37. The van der Waals surface area contributed by atoms with Crippen LogP contribution in [0.2, 0.25) is 0 Å². The summed E-state index contributed by atoms with van der Waals surface area (Å²) in [5, 5.41) is 5.31. The molecule has 0 radical (unpaired) electrons. The van der Waals surface area contributed by atoms with Gasteiger partial charge in [0.1, 0.15) is 17.1 Å². The molecule has 154 valence electrons. The minimum absolute atomic E-state index is 0.0332. The highest BCUT2D eigenvalue weighted by Gasteiger charge is 2.38. The van der Waals surface area contributed by atoms with Gasteiger partial charge in [0.15, 0.2) is 0 Å². The van der Waals surface area contributed by atoms with Crippen LogP contribution in [0.4, 0.5) is 30.6 Å². The van der Waals surface area contributed by atoms with E-state index in [1.807, 2.05) is 0 Å². The molecule has 0 unspecified atom stereocenters. The van der Waals surface area contributed by atoms with Gasteiger partial charge in [-0.15, -0.1) is 0 Å². The number of methoxy groups -OCH3 is 1. The van der Waals surface area contributed by atoms with E-state index in [1.54, 1.807) is 17.0 Å². The maximum atomic E-state index is 13.0. The molecule has 3 heterocycles. The van der Waals surface area contributed by atoms with E-state index in [1.165, 1.54) is 14.2 Å². The molecule has 1 saturated heterocycles. The van der Waals surface area contributed by atoms with E-state index in [2.05, 4.69) is 20.6 Å². The zero-order chi connectivity index (χ0) is 20.8. The number of halogens is 3. The van der Waals surface area contributed by atoms with E-state index >= 15 is 0 Å². The molecule has 8 nitrogen and oxygen atoms in total. The van der Waals surface area contributed by atoms with Crippen LogP contribution >= 0.6 is 0 Å². The molecule has 2 aromatic rings. The van der Waals surface area contributed by atoms with Gasteiger partial charge in [-0.2, -0.15) is 18.2 Å². The summed E-state index contributed by atoms with van der Waals surface area (Å²) in [5.41, 5.74) is 0.724. The van der Waals surface area contributed by atoms with Crippen LogP contribution in [0.1, 0.15) is 21.5 Å². The molecule has 0 atom stereocenters. The largest absolute Gasteiger partial charge is 0.494 e. The Morgan fingerprint density at radius 1 is 1.31 bits per heavy atom. The van der Waals surface area contributed by atoms with Gasteiger partial charge in [-0.25, -0.2) is 4.98 Å². The second-order valence-electron chi connectivity index (χ2n) is 6.63. The minimum Gasteiger partial charge on any atom is -0.494 e. The number of ether oxygens (including phenoxy) is 2. The Hall–Kier alpha value is -3.08. The van der Waals surface area contributed by atoms with Crippen LogP contribution in [-0.2, 0) is 17.5 Å². The van der Waals surface area contributed by atoms with Crippen LogP contribution in [0.15, 0.2) is 18.3 Å². The van der Waals surface area contributed by atoms with Crippen molar-refractivity contribution < 1.29 is 27.4 Å². The van der Waals surface area contributed by atoms with Gasteiger partial charge >= 0.3 is 6.18 Å². The number of nitrogens with one attached hydrogen (secondary N) is 2. The van der Waals surface area contributed by atoms with Crippen molar-refractivity contribution in [2.45, 2.75) is 18.8 Å². The summed E-state index contributed by atoms with van der Waals surface area (Å²) in [4.78, 5) is 22.0. The fourth-order valence-corrected chi connectivity index (χ4v) is 3.37. The third-order valence-corrected chi connectivity index (χ3v) is 4.92. The number of alkyl halides is 3. The molecule has 1 aromatic heterocycles. The number of nitrogens with zero attached hydrogens (tertiary/aromatic N) is 3. The van der Waals surface area contributed by atoms with E-state index in [0.29, 0.717) is 48.5 Å². The van der Waals surface area contributed by atoms with Crippen molar-refractivity contribution in [1.29, 1.82) is 0 Å². The molecule has 1 fully saturated rings. The monoisotopic (exact) mass is 409 g/mol. The average Bonchev–Trinajstić information content (AvgIpc) is 2.95. The summed E-state index contributed by atoms with van der Waals surface area (Å²) in [6, 6.07) is 3.31. The van der Waals surface area contributed by atoms with Gasteiger partial charge in [-0.05, 0) is 12.1 Å². The van der Waals surface area contributed by atoms with E-state index in [4.69, 9.17) is 9.47 Å². The van der Waals surface area contributed by atoms with E-state index in [0.717, 1.165) is 0 Å². The highest BCUT2D eigenvalue weighted by Crippen LogP contribution is 2.40. The molecular weight excluding hydrogens is 391 g/mol. The lowest BCUT2D eigenvalue weighted by atomic mass is 10.1. The Morgan fingerprint density at radius 3 is 2.66 bits per heavy atom. The molecule has 1 amide bonds. The van der Waals surface area contributed by atoms with Crippen molar-refractivity contribution in [3.63, 3.8) is 0 Å². The number of aromatic nitrogens is 2. The normalized spacial score (nSPS) is 16.4. The van der Waals surface area contributed by atoms with Crippen molar-refractivity contribution in [2.75, 3.05) is 38.0 Å². The molecule has 2 aliphatic rings. The number of carbonyl (C=O) groups excluding carboxylic acids is 1. The Morgan fingerprint density at radius 2 is 2.07 bits per heavy atom. The van der Waals surface area contributed by atoms with Gasteiger partial charge < -0.3 is 25.0 Å². The van der Waals surface area contributed by atoms with Gasteiger partial charge in [0.05, 0.1) is 38.6 Å². The molecule has 0 aliphatic carbocycles. The van der Waals surface area contributed by atoms with Crippen LogP contribution in [0.25, 0.3) is 0 Å². The fraction of sp³-hybridized carbons (Fsp3) is 0.389. The van der Waals surface area contributed by atoms with Gasteiger partial charge in [0.2, 0.25) is 5.95 Å². The summed E-state index contributed by atoms with van der Waals surface area (Å²) in [6.07, 6.45) is -3.86. The lowest BCUT2D eigenvalue weighted by Gasteiger charge is -2.34. The van der Waals surface area contributed by atoms with Crippen molar-refractivity contribution in [1.82, 2.24) is 14.9 Å². The Balaban J connectivity index is 1.65. The van der Waals surface area contributed by atoms with Gasteiger partial charge in [0, 0.05) is 24.4 Å². The standard InChI is InChI=1S/C18H18F3N5O3/c1-22-15-12(18(19,20)21)5-23-17(25-15)24-13-4-3-10-11(14(13)28-2)6-26(16(10)27)9-7-29-8-9/h3-5,9H,6-8H2,1-2H3,(H2,22,23,24,25). The number of hydrogen-bond donors (Lipinski definition) is 2. The molecule has 0 bridgehead atoms. The first-order valence-corrected chi connectivity index (χ1v) is 8.81. The van der Waals surface area contributed by atoms with Crippen molar-refractivity contribution in [3.8, 4) is 5.75 Å². The first kappa shape index (κ1) is 19.2. The zero-order valence-corrected chi connectivity index (χ0v) is 15.6. The zero-order valence-electron chi connectivity index (χ0n) is 15.6. The van der Waals surface area contributed by atoms with Crippen LogP contribution in [0.5, 0.6) is 5.75 Å². The topological polar surface area (TPSA) is 88.6 Å². The lowest BCUT2D eigenvalue weighted by molar-refractivity contribution is -0.137. The highest BCUT2D eigenvalue weighted by molar-refractivity contribution is 6.00. The summed E-state index contributed by atoms with van der Waals surface area (Å²) >= 11 is 0. The molecule has 1 aromatic carbocycles. The SMILES string of the molecule is CNc1nc(Nc2ccc3c(c2OC)CN(C2COC2)C3=O)ncc1C(F)(F)F. The number of fused-ring (bicyclic) bond motifs is 1. The second kappa shape index (κ2) is 7.07. The van der Waals surface area contributed by atoms with Gasteiger partial charge in [0.25, 0.3) is 5.91 Å². The third kappa shape index (κ3) is 3.31. The molecule has 4 rings (SSSR count). The number of rotatable bonds is 5. The number of amides is 1. The summed E-state index contributed by atoms with van der Waals surface area (Å²) in [5.74, 6) is -0.0508. The predicted octanol–water partition coefficient (Wildman–Crippen LogP) is 2.64. The summed E-state index contributed by atoms with van der Waals surface area (Å²) in [6.45, 7) is 1.37. The number of benzene rings is 1. The van der Waals surface area contributed by atoms with Crippen molar-refractivity contribution in [3.05, 3.63) is 35.0 Å². The van der Waals surface area contributed by atoms with Gasteiger partial charge in [-0.1, -0.05) is 0 Å². The lowest BCUT2D eigenvalue weighted by Crippen LogP contribution is -2.48. The molecule has 2 N–H and O–H groups in total. The number of hydrogen-bond acceptors (Lipinski definition) is 7. The predicted molar refractivity (Wildman–Crippen MR) is 97.3 cm³/mol. The molecule has 0 saturated carbocycles. The Labute approximate surface area is 164 Å². The van der Waals surface area contributed by atoms with Crippen molar-refractivity contribution in [2.24, 2.45) is 0 Å². The second-order valence-corrected chi connectivity index (χ2v) is 6.63. The summed E-state index contributed by atoms with van der Waals surface area (Å²) < 4.78 is 49.8. The molecule has 11 heteroatoms. The van der Waals surface area contributed by atoms with E-state index in [9.17, 15) is 18.0 Å². The highest BCUT2D eigenvalue weighted by atomic mass is 19.4. The molecule has 29 heavy (non-hydrogen) atoms.